The molecule has 0 unspecified atom stereocenters. The van der Waals surface area contributed by atoms with Crippen molar-refractivity contribution < 1.29 is 92.4 Å². The fourth-order valence-corrected chi connectivity index (χ4v) is 16.3. The molecule has 546 valence electrons. The number of Topliss-reactive ketones (excluding diaryl/α,β-unsaturated/α-hetero) is 1. The Morgan fingerprint density at radius 2 is 1.07 bits per heavy atom. The molecule has 4 aromatic rings. The number of benzene rings is 2. The number of carbonyl (C=O) groups is 7. The number of halogens is 8. The van der Waals surface area contributed by atoms with Crippen molar-refractivity contribution in [1.82, 2.24) is 34.5 Å². The van der Waals surface area contributed by atoms with Crippen LogP contribution in [0.4, 0.5) is 26.3 Å². The lowest BCUT2D eigenvalue weighted by Crippen LogP contribution is -2.50. The summed E-state index contributed by atoms with van der Waals surface area (Å²) in [6.07, 6.45) is -4.69. The summed E-state index contributed by atoms with van der Waals surface area (Å²) in [7, 11) is -4.26. The highest BCUT2D eigenvalue weighted by Gasteiger charge is 2.67. The van der Waals surface area contributed by atoms with Crippen LogP contribution >= 0.6 is 23.2 Å². The van der Waals surface area contributed by atoms with Gasteiger partial charge in [-0.05, 0) is 124 Å². The lowest BCUT2D eigenvalue weighted by Gasteiger charge is -2.35. The maximum atomic E-state index is 16.2. The van der Waals surface area contributed by atoms with E-state index in [1.165, 1.54) is 60.0 Å². The van der Waals surface area contributed by atoms with Crippen molar-refractivity contribution in [1.29, 1.82) is 0 Å². The van der Waals surface area contributed by atoms with Gasteiger partial charge in [0.25, 0.3) is 11.8 Å². The fraction of sp³-hybridized carbons (Fsp3) is 0.671. The summed E-state index contributed by atoms with van der Waals surface area (Å²) in [5, 5.41) is 10.7. The third kappa shape index (κ3) is 15.6. The SMILES string of the molecule is C[C@@H]1[C@@H]2CN(C(=O)[C@H](C(C)(C)C)CC(=O)O[C@@H]3C[C@H]3CCCCC(F)(F)c3nc4ccc(Cl)cc4nc3O2)[C@@H]1C(=O)C[C@]1(C(=O)NS(=O)(=O)C2(C)CC2)C[C@H]1C(F)F.C[C@@H]1[C@@H]2CN(C(=O)[C@H](C(C)(C)C)CC(=O)O[C@@H]3C[C@H]3CCCCC(F)(F)c3nc4ccc(Cl)cc4nc3O2)[C@@H]1C(=O)O. The van der Waals surface area contributed by atoms with Crippen LogP contribution in [0.2, 0.25) is 10.0 Å². The minimum Gasteiger partial charge on any atom is -0.480 e. The molecule has 2 N–H and O–H groups in total. The molecule has 2 aromatic carbocycles. The molecule has 3 amide bonds. The largest absolute Gasteiger partial charge is 0.480 e. The number of esters is 2. The molecular formula is C70H85Cl2F6N7O14S. The molecule has 0 spiro atoms. The lowest BCUT2D eigenvalue weighted by atomic mass is 9.77. The summed E-state index contributed by atoms with van der Waals surface area (Å²) < 4.78 is 143. The van der Waals surface area contributed by atoms with Crippen molar-refractivity contribution in [2.45, 2.75) is 225 Å². The van der Waals surface area contributed by atoms with Gasteiger partial charge in [-0.1, -0.05) is 91.4 Å². The van der Waals surface area contributed by atoms with Gasteiger partial charge < -0.3 is 33.9 Å². The Hall–Kier alpha value is -6.68. The number of fused-ring (bicyclic) bond motifs is 10. The number of carbonyl (C=O) groups excluding carboxylic acids is 6. The van der Waals surface area contributed by atoms with Crippen LogP contribution in [-0.2, 0) is 64.9 Å². The van der Waals surface area contributed by atoms with E-state index in [4.69, 9.17) is 42.1 Å². The van der Waals surface area contributed by atoms with Crippen molar-refractivity contribution in [3.63, 3.8) is 0 Å². The highest BCUT2D eigenvalue weighted by atomic mass is 35.5. The number of ether oxygens (including phenoxy) is 4. The number of sulfonamides is 1. The summed E-state index contributed by atoms with van der Waals surface area (Å²) in [5.41, 5.74) is -4.28. The van der Waals surface area contributed by atoms with Gasteiger partial charge in [-0.25, -0.2) is 41.9 Å². The number of hydrogen-bond donors (Lipinski definition) is 2. The monoisotopic (exact) mass is 1460 g/mol. The standard InChI is InChI=1S/C40H49ClF4N4O8S.C30H36ClF2N3O6/c1-20-29-19-49(31(20)27(50)18-39(17-24(39)33(42)43)36(53)48-58(54,55)38(5)12-13-38)35(52)23(37(2,3)4)16-30(51)56-28-14-21(28)8-6-7-11-40(44,45)32-34(57-29)47-26-15-22(41)9-10-25(26)46-32;1-15-22-14-36(24(15)28(39)40)27(38)18(29(2,3)4)13-23(37)41-21-11-16(21)7-5-6-10-30(32,33)25-26(42-22)35-20-12-17(31)8-9-19(20)34-25/h9-10,15,20-21,23-24,28-29,31,33H,6-8,11-14,16-19H2,1-5H3,(H,48,53);8-9,12,15-16,18,21-22,24H,5-7,10-11,13-14H2,1-4H3,(H,39,40)/t20-,21-,23-,24+,28-,29+,31+,39-;15-,16-,18-,21-,22+,24+/m11/s1. The van der Waals surface area contributed by atoms with E-state index in [0.717, 1.165) is 0 Å². The highest BCUT2D eigenvalue weighted by Crippen LogP contribution is 2.60. The van der Waals surface area contributed by atoms with Gasteiger partial charge in [-0.2, -0.15) is 17.6 Å². The summed E-state index contributed by atoms with van der Waals surface area (Å²) in [4.78, 5) is 115. The molecule has 0 radical (unpaired) electrons. The Bertz CT molecular complexity index is 4030. The number of amides is 3. The van der Waals surface area contributed by atoms with E-state index in [2.05, 4.69) is 19.9 Å². The number of nitrogens with zero attached hydrogens (tertiary/aromatic N) is 6. The van der Waals surface area contributed by atoms with Crippen molar-refractivity contribution in [3.05, 3.63) is 57.8 Å². The van der Waals surface area contributed by atoms with Crippen LogP contribution in [0.3, 0.4) is 0 Å². The van der Waals surface area contributed by atoms with E-state index in [-0.39, 0.29) is 96.6 Å². The highest BCUT2D eigenvalue weighted by molar-refractivity contribution is 7.91. The van der Waals surface area contributed by atoms with Crippen LogP contribution in [0.15, 0.2) is 36.4 Å². The Kier molecular flexibility index (Phi) is 20.5. The molecule has 21 nitrogen and oxygen atoms in total. The van der Waals surface area contributed by atoms with Gasteiger partial charge in [0.15, 0.2) is 17.2 Å². The number of ketones is 1. The van der Waals surface area contributed by atoms with Crippen LogP contribution in [0.5, 0.6) is 11.8 Å². The van der Waals surface area contributed by atoms with Gasteiger partial charge >= 0.3 is 17.9 Å². The van der Waals surface area contributed by atoms with Gasteiger partial charge in [-0.3, -0.25) is 33.5 Å². The van der Waals surface area contributed by atoms with Gasteiger partial charge in [0, 0.05) is 47.1 Å². The molecule has 6 fully saturated rings. The summed E-state index contributed by atoms with van der Waals surface area (Å²) in [6.45, 7) is 14.6. The van der Waals surface area contributed by atoms with Gasteiger partial charge in [0.1, 0.15) is 30.5 Å². The Balaban J connectivity index is 0.000000212. The van der Waals surface area contributed by atoms with E-state index in [9.17, 15) is 55.9 Å². The van der Waals surface area contributed by atoms with Crippen LogP contribution in [0.25, 0.3) is 22.1 Å². The molecule has 2 aromatic heterocycles. The number of carboxylic acids is 1. The smallest absolute Gasteiger partial charge is 0.326 e. The first-order chi connectivity index (χ1) is 46.6. The second kappa shape index (κ2) is 27.5. The minimum absolute atomic E-state index is 0.0160. The average molecular weight is 1470 g/mol. The predicted octanol–water partition coefficient (Wildman–Crippen LogP) is 12.4. The summed E-state index contributed by atoms with van der Waals surface area (Å²) in [6, 6.07) is 6.15. The number of aliphatic carboxylic acids is 1. The van der Waals surface area contributed by atoms with Crippen LogP contribution in [-0.4, -0.2) is 145 Å². The number of rotatable bonds is 8. The van der Waals surface area contributed by atoms with Crippen LogP contribution in [0.1, 0.15) is 176 Å². The molecule has 2 saturated heterocycles. The topological polar surface area (TPSA) is 281 Å². The summed E-state index contributed by atoms with van der Waals surface area (Å²) in [5.74, 6) is -18.8. The molecule has 6 heterocycles. The van der Waals surface area contributed by atoms with Gasteiger partial charge in [-0.15, -0.1) is 0 Å². The number of carboxylic acid groups (broad SMARTS) is 1. The quantitative estimate of drug-likeness (QED) is 0.122. The molecule has 4 aliphatic carbocycles. The third-order valence-corrected chi connectivity index (χ3v) is 24.3. The van der Waals surface area contributed by atoms with E-state index in [1.54, 1.807) is 27.7 Å². The minimum atomic E-state index is -4.26. The lowest BCUT2D eigenvalue weighted by molar-refractivity contribution is -0.157. The van der Waals surface area contributed by atoms with E-state index in [1.807, 2.05) is 25.5 Å². The molecule has 30 heteroatoms. The molecule has 4 bridgehead atoms. The van der Waals surface area contributed by atoms with Crippen molar-refractivity contribution in [2.75, 3.05) is 13.1 Å². The Morgan fingerprint density at radius 3 is 1.47 bits per heavy atom. The molecule has 14 atom stereocenters. The second-order valence-electron chi connectivity index (χ2n) is 31.3. The molecule has 4 aliphatic heterocycles. The van der Waals surface area contributed by atoms with Crippen LogP contribution < -0.4 is 14.2 Å². The zero-order valence-corrected chi connectivity index (χ0v) is 59.5. The van der Waals surface area contributed by atoms with E-state index in [0.29, 0.717) is 43.5 Å². The zero-order chi connectivity index (χ0) is 72.9. The third-order valence-electron chi connectivity index (χ3n) is 21.7. The van der Waals surface area contributed by atoms with Gasteiger partial charge in [0.2, 0.25) is 45.9 Å². The second-order valence-corrected chi connectivity index (χ2v) is 34.4. The summed E-state index contributed by atoms with van der Waals surface area (Å²) >= 11 is 12.3. The first-order valence-electron chi connectivity index (χ1n) is 34.3. The molecule has 100 heavy (non-hydrogen) atoms. The number of hydrogen-bond acceptors (Lipinski definition) is 17. The zero-order valence-electron chi connectivity index (χ0n) is 57.1. The maximum Gasteiger partial charge on any atom is 0.326 e. The maximum absolute atomic E-state index is 16.2. The fourth-order valence-electron chi connectivity index (χ4n) is 14.6. The van der Waals surface area contributed by atoms with Gasteiger partial charge in [0.05, 0.1) is 76.0 Å². The van der Waals surface area contributed by atoms with Crippen molar-refractivity contribution in [2.24, 2.45) is 57.7 Å². The Morgan fingerprint density at radius 1 is 0.640 bits per heavy atom. The van der Waals surface area contributed by atoms with Crippen molar-refractivity contribution >= 4 is 96.7 Å². The first kappa shape index (κ1) is 74.5. The van der Waals surface area contributed by atoms with E-state index >= 15 is 17.6 Å². The number of nitrogens with one attached hydrogen (secondary N) is 1. The molecular weight excluding hydrogens is 1380 g/mol. The van der Waals surface area contributed by atoms with Crippen LogP contribution in [0, 0.1) is 57.7 Å². The normalized spacial score (nSPS) is 31.5. The first-order valence-corrected chi connectivity index (χ1v) is 36.5. The number of aromatic nitrogens is 4. The molecule has 8 aliphatic rings. The Labute approximate surface area is 585 Å². The predicted molar refractivity (Wildman–Crippen MR) is 352 cm³/mol. The van der Waals surface area contributed by atoms with E-state index < -0.39 is 200 Å². The molecule has 12 rings (SSSR count). The average Bonchev–Trinajstić information content (AvgIpc) is 1.55. The van der Waals surface area contributed by atoms with Crippen molar-refractivity contribution in [3.8, 4) is 11.8 Å². The molecule has 4 saturated carbocycles. The number of alkyl halides is 6.